The van der Waals surface area contributed by atoms with E-state index in [0.717, 1.165) is 6.42 Å². The van der Waals surface area contributed by atoms with Crippen LogP contribution in [0.4, 0.5) is 5.69 Å². The lowest BCUT2D eigenvalue weighted by atomic mass is 10.2. The molecule has 29 heavy (non-hydrogen) atoms. The summed E-state index contributed by atoms with van der Waals surface area (Å²) in [6.45, 7) is 0.505. The van der Waals surface area contributed by atoms with Gasteiger partial charge in [-0.2, -0.15) is 0 Å². The number of hydrogen-bond acceptors (Lipinski definition) is 6. The molecule has 0 aromatic heterocycles. The van der Waals surface area contributed by atoms with Gasteiger partial charge in [-0.05, 0) is 43.2 Å². The first-order valence-electron chi connectivity index (χ1n) is 8.88. The van der Waals surface area contributed by atoms with E-state index in [-0.39, 0.29) is 16.1 Å². The number of ether oxygens (including phenoxy) is 2. The molecule has 2 aromatic rings. The van der Waals surface area contributed by atoms with Gasteiger partial charge in [0.25, 0.3) is 21.8 Å². The number of hydrazine groups is 1. The molecule has 1 heterocycles. The number of benzene rings is 2. The monoisotopic (exact) mass is 419 g/mol. The number of sulfonamides is 1. The minimum absolute atomic E-state index is 0.0699. The van der Waals surface area contributed by atoms with Crippen molar-refractivity contribution in [3.63, 3.8) is 0 Å². The zero-order chi connectivity index (χ0) is 20.9. The quantitative estimate of drug-likeness (QED) is 0.609. The molecule has 0 spiro atoms. The van der Waals surface area contributed by atoms with Gasteiger partial charge in [0, 0.05) is 12.2 Å². The van der Waals surface area contributed by atoms with Crippen LogP contribution in [0.2, 0.25) is 0 Å². The van der Waals surface area contributed by atoms with E-state index in [1.807, 2.05) is 0 Å². The molecule has 0 unspecified atom stereocenters. The van der Waals surface area contributed by atoms with Gasteiger partial charge >= 0.3 is 0 Å². The Morgan fingerprint density at radius 2 is 1.90 bits per heavy atom. The summed E-state index contributed by atoms with van der Waals surface area (Å²) in [6, 6.07) is 12.0. The Hall–Kier alpha value is -3.11. The first-order valence-corrected chi connectivity index (χ1v) is 10.4. The molecule has 1 aliphatic rings. The number of amides is 2. The van der Waals surface area contributed by atoms with Gasteiger partial charge in [-0.25, -0.2) is 8.42 Å². The van der Waals surface area contributed by atoms with Gasteiger partial charge in [-0.1, -0.05) is 18.2 Å². The lowest BCUT2D eigenvalue weighted by Gasteiger charge is -2.13. The molecule has 9 nitrogen and oxygen atoms in total. The second kappa shape index (κ2) is 8.93. The minimum Gasteiger partial charge on any atom is -0.495 e. The summed E-state index contributed by atoms with van der Waals surface area (Å²) in [4.78, 5) is 24.1. The summed E-state index contributed by atoms with van der Waals surface area (Å²) in [5.74, 6) is -0.732. The van der Waals surface area contributed by atoms with Crippen molar-refractivity contribution in [3.8, 4) is 5.75 Å². The maximum absolute atomic E-state index is 12.7. The third-order valence-corrected chi connectivity index (χ3v) is 5.64. The van der Waals surface area contributed by atoms with E-state index in [1.165, 1.54) is 31.4 Å². The molecule has 0 aliphatic carbocycles. The summed E-state index contributed by atoms with van der Waals surface area (Å²) in [6.07, 6.45) is 0.780. The van der Waals surface area contributed by atoms with Gasteiger partial charge in [0.2, 0.25) is 0 Å². The molecule has 2 amide bonds. The molecule has 0 saturated carbocycles. The van der Waals surface area contributed by atoms with Crippen LogP contribution in [0.1, 0.15) is 23.2 Å². The Labute approximate surface area is 168 Å². The van der Waals surface area contributed by atoms with Crippen molar-refractivity contribution in [2.75, 3.05) is 18.4 Å². The fraction of sp³-hybridized carbons (Fsp3) is 0.263. The Bertz CT molecular complexity index is 1000. The lowest BCUT2D eigenvalue weighted by molar-refractivity contribution is -0.130. The maximum atomic E-state index is 12.7. The number of carbonyl (C=O) groups excluding carboxylic acids is 2. The van der Waals surface area contributed by atoms with Crippen molar-refractivity contribution < 1.29 is 27.5 Å². The van der Waals surface area contributed by atoms with Gasteiger partial charge in [0.05, 0.1) is 17.7 Å². The highest BCUT2D eigenvalue weighted by atomic mass is 32.2. The lowest BCUT2D eigenvalue weighted by Crippen LogP contribution is -2.46. The SMILES string of the molecule is COc1ccccc1NS(=O)(=O)c1cccc(C(=O)NNC(=O)[C@H]2CCCO2)c1. The van der Waals surface area contributed by atoms with Crippen LogP contribution >= 0.6 is 0 Å². The van der Waals surface area contributed by atoms with Crippen LogP contribution in [-0.2, 0) is 19.6 Å². The van der Waals surface area contributed by atoms with E-state index >= 15 is 0 Å². The molecule has 1 atom stereocenters. The summed E-state index contributed by atoms with van der Waals surface area (Å²) in [5.41, 5.74) is 4.90. The molecule has 10 heteroatoms. The second-order valence-corrected chi connectivity index (χ2v) is 7.96. The highest BCUT2D eigenvalue weighted by Gasteiger charge is 2.24. The van der Waals surface area contributed by atoms with E-state index in [2.05, 4.69) is 15.6 Å². The highest BCUT2D eigenvalue weighted by molar-refractivity contribution is 7.92. The normalized spacial score (nSPS) is 16.1. The molecule has 154 valence electrons. The number of methoxy groups -OCH3 is 1. The van der Waals surface area contributed by atoms with Crippen LogP contribution in [0.15, 0.2) is 53.4 Å². The zero-order valence-corrected chi connectivity index (χ0v) is 16.5. The minimum atomic E-state index is -3.96. The van der Waals surface area contributed by atoms with Crippen LogP contribution in [0, 0.1) is 0 Å². The predicted molar refractivity (Wildman–Crippen MR) is 105 cm³/mol. The van der Waals surface area contributed by atoms with Crippen LogP contribution in [-0.4, -0.2) is 40.1 Å². The summed E-state index contributed by atoms with van der Waals surface area (Å²) in [5, 5.41) is 0. The van der Waals surface area contributed by atoms with Gasteiger partial charge in [-0.3, -0.25) is 25.2 Å². The number of hydrogen-bond donors (Lipinski definition) is 3. The fourth-order valence-electron chi connectivity index (χ4n) is 2.79. The van der Waals surface area contributed by atoms with Crippen molar-refractivity contribution in [1.82, 2.24) is 10.9 Å². The van der Waals surface area contributed by atoms with Crippen LogP contribution in [0.25, 0.3) is 0 Å². The highest BCUT2D eigenvalue weighted by Crippen LogP contribution is 2.26. The van der Waals surface area contributed by atoms with Crippen molar-refractivity contribution >= 4 is 27.5 Å². The van der Waals surface area contributed by atoms with Gasteiger partial charge in [-0.15, -0.1) is 0 Å². The Balaban J connectivity index is 1.70. The van der Waals surface area contributed by atoms with Crippen LogP contribution in [0.3, 0.4) is 0 Å². The Morgan fingerprint density at radius 3 is 2.62 bits per heavy atom. The summed E-state index contributed by atoms with van der Waals surface area (Å²) in [7, 11) is -2.53. The third kappa shape index (κ3) is 5.04. The van der Waals surface area contributed by atoms with E-state index in [9.17, 15) is 18.0 Å². The number of rotatable bonds is 6. The topological polar surface area (TPSA) is 123 Å². The van der Waals surface area contributed by atoms with Crippen molar-refractivity contribution in [2.45, 2.75) is 23.8 Å². The predicted octanol–water partition coefficient (Wildman–Crippen LogP) is 1.44. The smallest absolute Gasteiger partial charge is 0.269 e. The molecule has 1 aliphatic heterocycles. The molecule has 0 radical (unpaired) electrons. The number of para-hydroxylation sites is 2. The molecular weight excluding hydrogens is 398 g/mol. The molecule has 1 saturated heterocycles. The second-order valence-electron chi connectivity index (χ2n) is 6.28. The molecular formula is C19H21N3O6S. The molecule has 1 fully saturated rings. The standard InChI is InChI=1S/C19H21N3O6S/c1-27-16-9-3-2-8-15(16)22-29(25,26)14-7-4-6-13(12-14)18(23)20-21-19(24)17-10-5-11-28-17/h2-4,6-9,12,17,22H,5,10-11H2,1H3,(H,20,23)(H,21,24)/t17-/m1/s1. The van der Waals surface area contributed by atoms with Crippen LogP contribution in [0.5, 0.6) is 5.75 Å². The largest absolute Gasteiger partial charge is 0.495 e. The number of nitrogens with one attached hydrogen (secondary N) is 3. The van der Waals surface area contributed by atoms with E-state index < -0.39 is 27.9 Å². The van der Waals surface area contributed by atoms with Crippen molar-refractivity contribution in [2.24, 2.45) is 0 Å². The Kier molecular flexibility index (Phi) is 6.35. The zero-order valence-electron chi connectivity index (χ0n) is 15.7. The molecule has 3 rings (SSSR count). The first kappa shape index (κ1) is 20.6. The van der Waals surface area contributed by atoms with Crippen molar-refractivity contribution in [1.29, 1.82) is 0 Å². The number of carbonyl (C=O) groups is 2. The van der Waals surface area contributed by atoms with Gasteiger partial charge in [0.15, 0.2) is 0 Å². The summed E-state index contributed by atoms with van der Waals surface area (Å²) < 4.78 is 38.2. The van der Waals surface area contributed by atoms with E-state index in [4.69, 9.17) is 9.47 Å². The average molecular weight is 419 g/mol. The van der Waals surface area contributed by atoms with E-state index in [1.54, 1.807) is 24.3 Å². The van der Waals surface area contributed by atoms with Crippen LogP contribution < -0.4 is 20.3 Å². The third-order valence-electron chi connectivity index (χ3n) is 4.28. The van der Waals surface area contributed by atoms with E-state index in [0.29, 0.717) is 18.8 Å². The molecule has 2 aromatic carbocycles. The fourth-order valence-corrected chi connectivity index (χ4v) is 3.91. The Morgan fingerprint density at radius 1 is 1.10 bits per heavy atom. The number of anilines is 1. The first-order chi connectivity index (χ1) is 13.9. The van der Waals surface area contributed by atoms with Gasteiger partial charge < -0.3 is 9.47 Å². The van der Waals surface area contributed by atoms with Crippen molar-refractivity contribution in [3.05, 3.63) is 54.1 Å². The molecule has 0 bridgehead atoms. The summed E-state index contributed by atoms with van der Waals surface area (Å²) >= 11 is 0. The van der Waals surface area contributed by atoms with Gasteiger partial charge in [0.1, 0.15) is 11.9 Å². The maximum Gasteiger partial charge on any atom is 0.269 e. The average Bonchev–Trinajstić information content (AvgIpc) is 3.27. The molecule has 3 N–H and O–H groups in total.